The van der Waals surface area contributed by atoms with E-state index in [9.17, 15) is 4.39 Å². The van der Waals surface area contributed by atoms with E-state index in [0.717, 1.165) is 22.0 Å². The molecule has 0 bridgehead atoms. The van der Waals surface area contributed by atoms with E-state index in [1.165, 1.54) is 23.5 Å². The Morgan fingerprint density at radius 3 is 2.60 bits per heavy atom. The molecule has 78 valence electrons. The largest absolute Gasteiger partial charge is 0.330 e. The first-order valence-electron chi connectivity index (χ1n) is 4.58. The van der Waals surface area contributed by atoms with Crippen molar-refractivity contribution in [2.24, 2.45) is 5.73 Å². The molecular weight excluding hydrogens is 213 g/mol. The van der Waals surface area contributed by atoms with Crippen LogP contribution >= 0.6 is 11.3 Å². The third-order valence-electron chi connectivity index (χ3n) is 1.92. The highest BCUT2D eigenvalue weighted by Crippen LogP contribution is 2.23. The molecule has 0 aliphatic heterocycles. The topological polar surface area (TPSA) is 51.8 Å². The molecule has 0 aliphatic rings. The molecule has 2 N–H and O–H groups in total. The number of halogens is 1. The maximum atomic E-state index is 12.7. The quantitative estimate of drug-likeness (QED) is 0.863. The molecule has 0 unspecified atom stereocenters. The Morgan fingerprint density at radius 2 is 1.93 bits per heavy atom. The van der Waals surface area contributed by atoms with Gasteiger partial charge in [-0.3, -0.25) is 0 Å². The van der Waals surface area contributed by atoms with Crippen molar-refractivity contribution >= 4 is 11.3 Å². The first kappa shape index (κ1) is 10.2. The zero-order chi connectivity index (χ0) is 10.7. The van der Waals surface area contributed by atoms with E-state index in [-0.39, 0.29) is 5.82 Å². The first-order chi connectivity index (χ1) is 7.29. The van der Waals surface area contributed by atoms with Gasteiger partial charge in [0, 0.05) is 12.0 Å². The molecule has 2 aromatic rings. The summed E-state index contributed by atoms with van der Waals surface area (Å²) in [5, 5.41) is 9.74. The highest BCUT2D eigenvalue weighted by molar-refractivity contribution is 7.14. The van der Waals surface area contributed by atoms with Crippen molar-refractivity contribution in [1.82, 2.24) is 10.2 Å². The van der Waals surface area contributed by atoms with Crippen molar-refractivity contribution < 1.29 is 4.39 Å². The summed E-state index contributed by atoms with van der Waals surface area (Å²) in [6, 6.07) is 6.23. The van der Waals surface area contributed by atoms with Crippen LogP contribution in [0.4, 0.5) is 4.39 Å². The van der Waals surface area contributed by atoms with Crippen LogP contribution in [0.3, 0.4) is 0 Å². The molecule has 0 radical (unpaired) electrons. The minimum absolute atomic E-state index is 0.245. The number of hydrogen-bond acceptors (Lipinski definition) is 4. The van der Waals surface area contributed by atoms with Crippen LogP contribution in [0.15, 0.2) is 24.3 Å². The molecule has 2 rings (SSSR count). The highest BCUT2D eigenvalue weighted by atomic mass is 32.1. The predicted molar refractivity (Wildman–Crippen MR) is 58.1 cm³/mol. The van der Waals surface area contributed by atoms with Gasteiger partial charge in [0.05, 0.1) is 0 Å². The van der Waals surface area contributed by atoms with Crippen LogP contribution in [-0.2, 0) is 6.42 Å². The van der Waals surface area contributed by atoms with Gasteiger partial charge < -0.3 is 5.73 Å². The van der Waals surface area contributed by atoms with E-state index < -0.39 is 0 Å². The maximum Gasteiger partial charge on any atom is 0.147 e. The molecule has 0 fully saturated rings. The first-order valence-corrected chi connectivity index (χ1v) is 5.39. The highest BCUT2D eigenvalue weighted by Gasteiger charge is 2.05. The number of nitrogens with two attached hydrogens (primary N) is 1. The zero-order valence-corrected chi connectivity index (χ0v) is 8.80. The van der Waals surface area contributed by atoms with Gasteiger partial charge in [0.1, 0.15) is 15.8 Å². The summed E-state index contributed by atoms with van der Waals surface area (Å²) in [4.78, 5) is 0. The Labute approximate surface area is 90.8 Å². The second-order valence-electron chi connectivity index (χ2n) is 3.05. The lowest BCUT2D eigenvalue weighted by molar-refractivity contribution is 0.628. The molecule has 0 atom stereocenters. The third kappa shape index (κ3) is 2.37. The van der Waals surface area contributed by atoms with Crippen LogP contribution in [0.5, 0.6) is 0 Å². The average molecular weight is 223 g/mol. The van der Waals surface area contributed by atoms with Crippen molar-refractivity contribution in [3.8, 4) is 10.6 Å². The van der Waals surface area contributed by atoms with Crippen molar-refractivity contribution in [2.45, 2.75) is 6.42 Å². The summed E-state index contributed by atoms with van der Waals surface area (Å²) in [5.41, 5.74) is 6.30. The number of benzene rings is 1. The van der Waals surface area contributed by atoms with Crippen LogP contribution in [0.2, 0.25) is 0 Å². The van der Waals surface area contributed by atoms with Gasteiger partial charge in [-0.15, -0.1) is 10.2 Å². The summed E-state index contributed by atoms with van der Waals surface area (Å²) in [7, 11) is 0. The summed E-state index contributed by atoms with van der Waals surface area (Å²) >= 11 is 1.49. The Morgan fingerprint density at radius 1 is 1.20 bits per heavy atom. The molecule has 0 spiro atoms. The summed E-state index contributed by atoms with van der Waals surface area (Å²) in [6.45, 7) is 0.568. The fourth-order valence-electron chi connectivity index (χ4n) is 1.19. The second-order valence-corrected chi connectivity index (χ2v) is 4.11. The molecule has 1 aromatic carbocycles. The molecule has 0 saturated heterocycles. The van der Waals surface area contributed by atoms with Gasteiger partial charge in [0.15, 0.2) is 0 Å². The number of aromatic nitrogens is 2. The van der Waals surface area contributed by atoms with E-state index in [1.807, 2.05) is 0 Å². The van der Waals surface area contributed by atoms with Crippen LogP contribution in [0, 0.1) is 5.82 Å². The van der Waals surface area contributed by atoms with Gasteiger partial charge in [0.25, 0.3) is 0 Å². The van der Waals surface area contributed by atoms with Crippen molar-refractivity contribution in [1.29, 1.82) is 0 Å². The van der Waals surface area contributed by atoms with Crippen LogP contribution in [0.1, 0.15) is 5.01 Å². The van der Waals surface area contributed by atoms with Gasteiger partial charge in [-0.1, -0.05) is 11.3 Å². The lowest BCUT2D eigenvalue weighted by atomic mass is 10.2. The lowest BCUT2D eigenvalue weighted by Gasteiger charge is -1.93. The third-order valence-corrected chi connectivity index (χ3v) is 2.95. The predicted octanol–water partition coefficient (Wildman–Crippen LogP) is 1.85. The number of nitrogens with zero attached hydrogens (tertiary/aromatic N) is 2. The smallest absolute Gasteiger partial charge is 0.147 e. The van der Waals surface area contributed by atoms with Crippen LogP contribution < -0.4 is 5.73 Å². The van der Waals surface area contributed by atoms with Gasteiger partial charge in [-0.25, -0.2) is 4.39 Å². The molecule has 0 saturated carbocycles. The monoisotopic (exact) mass is 223 g/mol. The van der Waals surface area contributed by atoms with E-state index in [1.54, 1.807) is 12.1 Å². The SMILES string of the molecule is NCCc1nnc(-c2ccc(F)cc2)s1. The Bertz CT molecular complexity index is 438. The molecule has 3 nitrogen and oxygen atoms in total. The van der Waals surface area contributed by atoms with E-state index >= 15 is 0 Å². The number of rotatable bonds is 3. The van der Waals surface area contributed by atoms with E-state index in [0.29, 0.717) is 6.54 Å². The summed E-state index contributed by atoms with van der Waals surface area (Å²) < 4.78 is 12.7. The summed E-state index contributed by atoms with van der Waals surface area (Å²) in [5.74, 6) is -0.245. The fraction of sp³-hybridized carbons (Fsp3) is 0.200. The fourth-order valence-corrected chi connectivity index (χ4v) is 2.05. The minimum Gasteiger partial charge on any atom is -0.330 e. The molecule has 15 heavy (non-hydrogen) atoms. The minimum atomic E-state index is -0.245. The van der Waals surface area contributed by atoms with Gasteiger partial charge in [0.2, 0.25) is 0 Å². The molecule has 1 aromatic heterocycles. The Kier molecular flexibility index (Phi) is 3.03. The molecule has 1 heterocycles. The Hall–Kier alpha value is -1.33. The maximum absolute atomic E-state index is 12.7. The lowest BCUT2D eigenvalue weighted by Crippen LogP contribution is -2.01. The molecule has 0 aliphatic carbocycles. The summed E-state index contributed by atoms with van der Waals surface area (Å²) in [6.07, 6.45) is 0.735. The number of hydrogen-bond donors (Lipinski definition) is 1. The van der Waals surface area contributed by atoms with E-state index in [2.05, 4.69) is 10.2 Å². The second kappa shape index (κ2) is 4.46. The van der Waals surface area contributed by atoms with Gasteiger partial charge in [-0.05, 0) is 30.8 Å². The van der Waals surface area contributed by atoms with Crippen molar-refractivity contribution in [2.75, 3.05) is 6.54 Å². The standard InChI is InChI=1S/C10H10FN3S/c11-8-3-1-7(2-4-8)10-14-13-9(15-10)5-6-12/h1-4H,5-6,12H2. The molecule has 5 heteroatoms. The van der Waals surface area contributed by atoms with E-state index in [4.69, 9.17) is 5.73 Å². The molecule has 0 amide bonds. The normalized spacial score (nSPS) is 10.5. The van der Waals surface area contributed by atoms with Crippen molar-refractivity contribution in [3.63, 3.8) is 0 Å². The average Bonchev–Trinajstić information content (AvgIpc) is 2.68. The Balaban J connectivity index is 2.25. The molecular formula is C10H10FN3S. The van der Waals surface area contributed by atoms with Crippen LogP contribution in [0.25, 0.3) is 10.6 Å². The van der Waals surface area contributed by atoms with Crippen molar-refractivity contribution in [3.05, 3.63) is 35.1 Å². The zero-order valence-electron chi connectivity index (χ0n) is 7.98. The van der Waals surface area contributed by atoms with Crippen LogP contribution in [-0.4, -0.2) is 16.7 Å². The van der Waals surface area contributed by atoms with Gasteiger partial charge in [-0.2, -0.15) is 0 Å². The van der Waals surface area contributed by atoms with Gasteiger partial charge >= 0.3 is 0 Å².